The molecule has 1 N–H and O–H groups in total. The molecule has 0 bridgehead atoms. The summed E-state index contributed by atoms with van der Waals surface area (Å²) in [5.74, 6) is 1.13. The van der Waals surface area contributed by atoms with Crippen LogP contribution in [0, 0.1) is 0 Å². The fourth-order valence-electron chi connectivity index (χ4n) is 3.75. The van der Waals surface area contributed by atoms with Gasteiger partial charge in [-0.2, -0.15) is 0 Å². The summed E-state index contributed by atoms with van der Waals surface area (Å²) in [6.45, 7) is 9.44. The monoisotopic (exact) mass is 453 g/mol. The molecule has 1 aromatic carbocycles. The van der Waals surface area contributed by atoms with E-state index in [-0.39, 0.29) is 30.9 Å². The lowest BCUT2D eigenvalue weighted by Gasteiger charge is -2.35. The standard InChI is InChI=1S/C22H27N3OS.2ClH/c1-3-24-9-11-25(12-10-24)22-21-19(8-13-27-21)15-20(23-22)18-6-4-17(5-7-18)14-16(2)26;;/h4-8,13,15-16,26H,3,9-12,14H2,1-2H3;2*1H. The second-order valence-corrected chi connectivity index (χ2v) is 8.26. The van der Waals surface area contributed by atoms with Crippen molar-refractivity contribution in [3.05, 3.63) is 47.3 Å². The summed E-state index contributed by atoms with van der Waals surface area (Å²) in [6, 6.07) is 12.8. The van der Waals surface area contributed by atoms with Crippen LogP contribution < -0.4 is 4.90 Å². The van der Waals surface area contributed by atoms with Crippen molar-refractivity contribution >= 4 is 52.1 Å². The van der Waals surface area contributed by atoms with Gasteiger partial charge in [-0.1, -0.05) is 31.2 Å². The molecule has 1 saturated heterocycles. The van der Waals surface area contributed by atoms with Crippen LogP contribution in [-0.2, 0) is 6.42 Å². The van der Waals surface area contributed by atoms with E-state index in [2.05, 4.69) is 58.5 Å². The number of fused-ring (bicyclic) bond motifs is 1. The zero-order chi connectivity index (χ0) is 18.8. The Morgan fingerprint density at radius 2 is 1.76 bits per heavy atom. The summed E-state index contributed by atoms with van der Waals surface area (Å²) >= 11 is 1.78. The molecule has 3 heterocycles. The second-order valence-electron chi connectivity index (χ2n) is 7.34. The van der Waals surface area contributed by atoms with Crippen LogP contribution in [0.25, 0.3) is 21.3 Å². The summed E-state index contributed by atoms with van der Waals surface area (Å²) in [5, 5.41) is 13.0. The largest absolute Gasteiger partial charge is 0.393 e. The van der Waals surface area contributed by atoms with Gasteiger partial charge < -0.3 is 14.9 Å². The maximum Gasteiger partial charge on any atom is 0.147 e. The van der Waals surface area contributed by atoms with Crippen LogP contribution >= 0.6 is 36.2 Å². The quantitative estimate of drug-likeness (QED) is 0.597. The molecule has 7 heteroatoms. The first-order valence-electron chi connectivity index (χ1n) is 9.77. The minimum absolute atomic E-state index is 0. The molecular weight excluding hydrogens is 425 g/mol. The van der Waals surface area contributed by atoms with Crippen molar-refractivity contribution in [3.63, 3.8) is 0 Å². The summed E-state index contributed by atoms with van der Waals surface area (Å²) in [5.41, 5.74) is 3.31. The van der Waals surface area contributed by atoms with Crippen LogP contribution in [0.3, 0.4) is 0 Å². The van der Waals surface area contributed by atoms with E-state index in [4.69, 9.17) is 4.98 Å². The van der Waals surface area contributed by atoms with Crippen molar-refractivity contribution in [2.45, 2.75) is 26.4 Å². The van der Waals surface area contributed by atoms with Gasteiger partial charge in [0.25, 0.3) is 0 Å². The minimum atomic E-state index is -0.315. The molecule has 1 atom stereocenters. The highest BCUT2D eigenvalue weighted by Gasteiger charge is 2.20. The molecule has 0 saturated carbocycles. The van der Waals surface area contributed by atoms with Gasteiger partial charge in [0.05, 0.1) is 16.5 Å². The lowest BCUT2D eigenvalue weighted by atomic mass is 10.0. The number of halogens is 2. The molecule has 1 unspecified atom stereocenters. The maximum absolute atomic E-state index is 9.58. The lowest BCUT2D eigenvalue weighted by Crippen LogP contribution is -2.46. The zero-order valence-electron chi connectivity index (χ0n) is 16.9. The number of pyridine rings is 1. The highest BCUT2D eigenvalue weighted by Crippen LogP contribution is 2.34. The van der Waals surface area contributed by atoms with E-state index in [1.807, 2.05) is 6.92 Å². The summed E-state index contributed by atoms with van der Waals surface area (Å²) in [7, 11) is 0. The molecule has 0 spiro atoms. The second kappa shape index (κ2) is 10.6. The lowest BCUT2D eigenvalue weighted by molar-refractivity contribution is 0.195. The van der Waals surface area contributed by atoms with Crippen LogP contribution in [0.1, 0.15) is 19.4 Å². The van der Waals surface area contributed by atoms with Crippen LogP contribution in [0.15, 0.2) is 41.8 Å². The van der Waals surface area contributed by atoms with Gasteiger partial charge in [0.1, 0.15) is 5.82 Å². The third kappa shape index (κ3) is 5.41. The third-order valence-corrected chi connectivity index (χ3v) is 6.24. The van der Waals surface area contributed by atoms with Gasteiger partial charge in [-0.25, -0.2) is 4.98 Å². The van der Waals surface area contributed by atoms with Crippen LogP contribution in [-0.4, -0.2) is 53.8 Å². The molecule has 1 aliphatic rings. The Balaban J connectivity index is 0.00000150. The first kappa shape index (κ1) is 23.9. The molecule has 0 radical (unpaired) electrons. The number of hydrogen-bond donors (Lipinski definition) is 1. The van der Waals surface area contributed by atoms with Gasteiger partial charge in [0.15, 0.2) is 0 Å². The van der Waals surface area contributed by atoms with Gasteiger partial charge in [-0.05, 0) is 48.4 Å². The molecule has 3 aromatic rings. The van der Waals surface area contributed by atoms with Gasteiger partial charge in [0, 0.05) is 31.7 Å². The third-order valence-electron chi connectivity index (χ3n) is 5.32. The van der Waals surface area contributed by atoms with Crippen molar-refractivity contribution < 1.29 is 5.11 Å². The van der Waals surface area contributed by atoms with Crippen molar-refractivity contribution in [3.8, 4) is 11.3 Å². The average molecular weight is 454 g/mol. The number of aromatic nitrogens is 1. The van der Waals surface area contributed by atoms with E-state index in [0.717, 1.165) is 55.4 Å². The number of thiophene rings is 1. The highest BCUT2D eigenvalue weighted by atomic mass is 35.5. The summed E-state index contributed by atoms with van der Waals surface area (Å²) in [6.07, 6.45) is 0.369. The van der Waals surface area contributed by atoms with E-state index in [1.165, 1.54) is 10.1 Å². The normalized spacial score (nSPS) is 15.6. The number of rotatable bonds is 5. The van der Waals surface area contributed by atoms with Gasteiger partial charge in [-0.15, -0.1) is 36.2 Å². The Kier molecular flexibility index (Phi) is 8.73. The molecule has 2 aromatic heterocycles. The molecule has 4 nitrogen and oxygen atoms in total. The van der Waals surface area contributed by atoms with Gasteiger partial charge in [0.2, 0.25) is 0 Å². The number of piperazine rings is 1. The van der Waals surface area contributed by atoms with E-state index >= 15 is 0 Å². The number of anilines is 1. The molecule has 1 fully saturated rings. The Morgan fingerprint density at radius 3 is 2.38 bits per heavy atom. The fraction of sp³-hybridized carbons (Fsp3) is 0.409. The summed E-state index contributed by atoms with van der Waals surface area (Å²) in [4.78, 5) is 10.0. The number of benzene rings is 1. The van der Waals surface area contributed by atoms with Crippen LogP contribution in [0.4, 0.5) is 5.82 Å². The number of aliphatic hydroxyl groups is 1. The molecule has 0 aliphatic carbocycles. The van der Waals surface area contributed by atoms with E-state index in [1.54, 1.807) is 11.3 Å². The molecular formula is C22H29Cl2N3OS. The van der Waals surface area contributed by atoms with Crippen molar-refractivity contribution in [1.82, 2.24) is 9.88 Å². The smallest absolute Gasteiger partial charge is 0.147 e. The predicted molar refractivity (Wildman–Crippen MR) is 129 cm³/mol. The van der Waals surface area contributed by atoms with E-state index in [9.17, 15) is 5.11 Å². The molecule has 4 rings (SSSR count). The Bertz CT molecular complexity index is 906. The zero-order valence-corrected chi connectivity index (χ0v) is 19.3. The molecule has 0 amide bonds. The topological polar surface area (TPSA) is 39.6 Å². The number of aliphatic hydroxyl groups excluding tert-OH is 1. The number of nitrogens with zero attached hydrogens (tertiary/aromatic N) is 3. The van der Waals surface area contributed by atoms with Gasteiger partial charge >= 0.3 is 0 Å². The van der Waals surface area contributed by atoms with E-state index in [0.29, 0.717) is 6.42 Å². The van der Waals surface area contributed by atoms with Crippen LogP contribution in [0.5, 0.6) is 0 Å². The Morgan fingerprint density at radius 1 is 1.07 bits per heavy atom. The van der Waals surface area contributed by atoms with Crippen LogP contribution in [0.2, 0.25) is 0 Å². The highest BCUT2D eigenvalue weighted by molar-refractivity contribution is 7.17. The molecule has 29 heavy (non-hydrogen) atoms. The first-order valence-corrected chi connectivity index (χ1v) is 10.6. The molecule has 158 valence electrons. The minimum Gasteiger partial charge on any atom is -0.393 e. The average Bonchev–Trinajstić information content (AvgIpc) is 3.16. The number of likely N-dealkylation sites (N-methyl/N-ethyl adjacent to an activating group) is 1. The van der Waals surface area contributed by atoms with Crippen molar-refractivity contribution in [1.29, 1.82) is 0 Å². The fourth-order valence-corrected chi connectivity index (χ4v) is 4.64. The SMILES string of the molecule is CCN1CCN(c2nc(-c3ccc(CC(C)O)cc3)cc3ccsc23)CC1.Cl.Cl. The summed E-state index contributed by atoms with van der Waals surface area (Å²) < 4.78 is 1.29. The van der Waals surface area contributed by atoms with Crippen molar-refractivity contribution in [2.24, 2.45) is 0 Å². The Labute approximate surface area is 189 Å². The first-order chi connectivity index (χ1) is 13.1. The van der Waals surface area contributed by atoms with E-state index < -0.39 is 0 Å². The number of hydrogen-bond acceptors (Lipinski definition) is 5. The molecule has 1 aliphatic heterocycles. The Hall–Kier alpha value is -1.37. The van der Waals surface area contributed by atoms with Crippen molar-refractivity contribution in [2.75, 3.05) is 37.6 Å². The predicted octanol–water partition coefficient (Wildman–Crippen LogP) is 4.87. The van der Waals surface area contributed by atoms with Gasteiger partial charge in [-0.3, -0.25) is 0 Å². The maximum atomic E-state index is 9.58.